The third kappa shape index (κ3) is 3.62. The van der Waals surface area contributed by atoms with Crippen LogP contribution >= 0.6 is 27.5 Å². The summed E-state index contributed by atoms with van der Waals surface area (Å²) in [4.78, 5) is 10.8. The Morgan fingerprint density at radius 2 is 1.95 bits per heavy atom. The first-order valence-electron chi connectivity index (χ1n) is 6.29. The number of halogens is 2. The SMILES string of the molecule is CCOc1ccc(Cc2cc(Br)c(C=O)cc2Cl)cc1. The van der Waals surface area contributed by atoms with Crippen LogP contribution in [0.5, 0.6) is 5.75 Å². The molecule has 0 amide bonds. The summed E-state index contributed by atoms with van der Waals surface area (Å²) in [6, 6.07) is 11.5. The molecule has 4 heteroatoms. The third-order valence-corrected chi connectivity index (χ3v) is 3.96. The zero-order valence-corrected chi connectivity index (χ0v) is 13.4. The van der Waals surface area contributed by atoms with E-state index < -0.39 is 0 Å². The second-order valence-corrected chi connectivity index (χ2v) is 5.60. The van der Waals surface area contributed by atoms with Crippen LogP contribution in [0.25, 0.3) is 0 Å². The van der Waals surface area contributed by atoms with Gasteiger partial charge in [0.2, 0.25) is 0 Å². The summed E-state index contributed by atoms with van der Waals surface area (Å²) in [6.07, 6.45) is 1.50. The van der Waals surface area contributed by atoms with E-state index >= 15 is 0 Å². The van der Waals surface area contributed by atoms with Crippen LogP contribution in [0, 0.1) is 0 Å². The Bertz CT molecular complexity index is 609. The van der Waals surface area contributed by atoms with Crippen molar-refractivity contribution in [3.63, 3.8) is 0 Å². The molecule has 0 aliphatic heterocycles. The summed E-state index contributed by atoms with van der Waals surface area (Å²) in [5.41, 5.74) is 2.68. The molecule has 0 spiro atoms. The van der Waals surface area contributed by atoms with Crippen molar-refractivity contribution in [2.45, 2.75) is 13.3 Å². The quantitative estimate of drug-likeness (QED) is 0.714. The van der Waals surface area contributed by atoms with Crippen molar-refractivity contribution in [2.24, 2.45) is 0 Å². The summed E-state index contributed by atoms with van der Waals surface area (Å²) in [5, 5.41) is 0.601. The topological polar surface area (TPSA) is 26.3 Å². The van der Waals surface area contributed by atoms with Crippen LogP contribution in [-0.2, 0) is 6.42 Å². The molecule has 0 aliphatic rings. The minimum Gasteiger partial charge on any atom is -0.494 e. The van der Waals surface area contributed by atoms with E-state index in [0.29, 0.717) is 23.6 Å². The molecule has 0 saturated carbocycles. The van der Waals surface area contributed by atoms with Crippen LogP contribution in [0.1, 0.15) is 28.4 Å². The van der Waals surface area contributed by atoms with Crippen LogP contribution in [0.4, 0.5) is 0 Å². The van der Waals surface area contributed by atoms with E-state index in [0.717, 1.165) is 27.6 Å². The molecular weight excluding hydrogens is 340 g/mol. The first-order valence-corrected chi connectivity index (χ1v) is 7.46. The summed E-state index contributed by atoms with van der Waals surface area (Å²) < 4.78 is 6.17. The summed E-state index contributed by atoms with van der Waals surface area (Å²) in [5.74, 6) is 0.861. The van der Waals surface area contributed by atoms with E-state index in [2.05, 4.69) is 15.9 Å². The van der Waals surface area contributed by atoms with Crippen molar-refractivity contribution in [1.29, 1.82) is 0 Å². The number of carbonyl (C=O) groups excluding carboxylic acids is 1. The van der Waals surface area contributed by atoms with E-state index in [1.165, 1.54) is 0 Å². The Morgan fingerprint density at radius 1 is 1.25 bits per heavy atom. The second kappa shape index (κ2) is 6.91. The van der Waals surface area contributed by atoms with Crippen molar-refractivity contribution >= 4 is 33.8 Å². The van der Waals surface area contributed by atoms with Gasteiger partial charge in [-0.1, -0.05) is 39.7 Å². The zero-order valence-electron chi connectivity index (χ0n) is 11.0. The van der Waals surface area contributed by atoms with Gasteiger partial charge in [-0.2, -0.15) is 0 Å². The predicted molar refractivity (Wildman–Crippen MR) is 85.0 cm³/mol. The zero-order chi connectivity index (χ0) is 14.5. The molecule has 2 rings (SSSR count). The maximum absolute atomic E-state index is 10.8. The lowest BCUT2D eigenvalue weighted by atomic mass is 10.0. The largest absolute Gasteiger partial charge is 0.494 e. The lowest BCUT2D eigenvalue weighted by Gasteiger charge is -2.08. The average molecular weight is 354 g/mol. The lowest BCUT2D eigenvalue weighted by Crippen LogP contribution is -1.94. The molecule has 104 valence electrons. The normalized spacial score (nSPS) is 10.3. The van der Waals surface area contributed by atoms with Crippen LogP contribution in [0.15, 0.2) is 40.9 Å². The molecule has 0 fully saturated rings. The number of carbonyl (C=O) groups is 1. The van der Waals surface area contributed by atoms with Gasteiger partial charge in [-0.05, 0) is 48.7 Å². The van der Waals surface area contributed by atoms with Gasteiger partial charge in [0.15, 0.2) is 6.29 Å². The van der Waals surface area contributed by atoms with Gasteiger partial charge in [0.05, 0.1) is 6.61 Å². The Labute approximate surface area is 131 Å². The highest BCUT2D eigenvalue weighted by molar-refractivity contribution is 9.10. The lowest BCUT2D eigenvalue weighted by molar-refractivity contribution is 0.112. The molecule has 0 aromatic heterocycles. The molecule has 0 radical (unpaired) electrons. The van der Waals surface area contributed by atoms with Crippen LogP contribution in [0.3, 0.4) is 0 Å². The molecule has 2 aromatic carbocycles. The number of ether oxygens (including phenoxy) is 1. The number of hydrogen-bond acceptors (Lipinski definition) is 2. The Morgan fingerprint density at radius 3 is 2.55 bits per heavy atom. The fourth-order valence-corrected chi connectivity index (χ4v) is 2.64. The van der Waals surface area contributed by atoms with Crippen LogP contribution in [-0.4, -0.2) is 12.9 Å². The molecular formula is C16H14BrClO2. The van der Waals surface area contributed by atoms with E-state index in [-0.39, 0.29) is 0 Å². The molecule has 2 nitrogen and oxygen atoms in total. The number of aldehydes is 1. The minimum absolute atomic E-state index is 0.561. The van der Waals surface area contributed by atoms with Crippen LogP contribution in [0.2, 0.25) is 5.02 Å². The van der Waals surface area contributed by atoms with Gasteiger partial charge in [-0.15, -0.1) is 0 Å². The standard InChI is InChI=1S/C16H14BrClO2/c1-2-20-14-5-3-11(4-6-14)7-12-8-15(17)13(10-19)9-16(12)18/h3-6,8-10H,2,7H2,1H3. The average Bonchev–Trinajstić information content (AvgIpc) is 2.45. The maximum Gasteiger partial charge on any atom is 0.151 e. The fourth-order valence-electron chi connectivity index (χ4n) is 1.92. The van der Waals surface area contributed by atoms with E-state index in [1.54, 1.807) is 6.07 Å². The highest BCUT2D eigenvalue weighted by Crippen LogP contribution is 2.27. The van der Waals surface area contributed by atoms with Crippen LogP contribution < -0.4 is 4.74 Å². The molecule has 0 aliphatic carbocycles. The van der Waals surface area contributed by atoms with Crippen molar-refractivity contribution in [3.8, 4) is 5.75 Å². The van der Waals surface area contributed by atoms with Crippen molar-refractivity contribution in [3.05, 3.63) is 62.6 Å². The highest BCUT2D eigenvalue weighted by atomic mass is 79.9. The van der Waals surface area contributed by atoms with Crippen molar-refractivity contribution in [2.75, 3.05) is 6.61 Å². The molecule has 20 heavy (non-hydrogen) atoms. The number of hydrogen-bond donors (Lipinski definition) is 0. The number of benzene rings is 2. The minimum atomic E-state index is 0.561. The summed E-state index contributed by atoms with van der Waals surface area (Å²) >= 11 is 9.58. The highest BCUT2D eigenvalue weighted by Gasteiger charge is 2.07. The van der Waals surface area contributed by atoms with Gasteiger partial charge in [-0.3, -0.25) is 4.79 Å². The molecule has 0 heterocycles. The van der Waals surface area contributed by atoms with Gasteiger partial charge < -0.3 is 4.74 Å². The van der Waals surface area contributed by atoms with Gasteiger partial charge in [-0.25, -0.2) is 0 Å². The van der Waals surface area contributed by atoms with E-state index in [4.69, 9.17) is 16.3 Å². The second-order valence-electron chi connectivity index (χ2n) is 4.34. The first kappa shape index (κ1) is 15.1. The first-order chi connectivity index (χ1) is 9.63. The van der Waals surface area contributed by atoms with E-state index in [1.807, 2.05) is 37.3 Å². The Kier molecular flexibility index (Phi) is 5.21. The monoisotopic (exact) mass is 352 g/mol. The molecule has 0 atom stereocenters. The maximum atomic E-state index is 10.8. The van der Waals surface area contributed by atoms with Gasteiger partial charge in [0, 0.05) is 15.1 Å². The van der Waals surface area contributed by atoms with Crippen molar-refractivity contribution in [1.82, 2.24) is 0 Å². The number of rotatable bonds is 5. The summed E-state index contributed by atoms with van der Waals surface area (Å²) in [7, 11) is 0. The van der Waals surface area contributed by atoms with Crippen molar-refractivity contribution < 1.29 is 9.53 Å². The third-order valence-electron chi connectivity index (χ3n) is 2.92. The molecule has 0 N–H and O–H groups in total. The Balaban J connectivity index is 2.21. The fraction of sp³-hybridized carbons (Fsp3) is 0.188. The van der Waals surface area contributed by atoms with Gasteiger partial charge in [0.25, 0.3) is 0 Å². The Hall–Kier alpha value is -1.32. The predicted octanol–water partition coefficient (Wildman–Crippen LogP) is 4.90. The molecule has 2 aromatic rings. The smallest absolute Gasteiger partial charge is 0.151 e. The molecule has 0 unspecified atom stereocenters. The van der Waals surface area contributed by atoms with Gasteiger partial charge >= 0.3 is 0 Å². The van der Waals surface area contributed by atoms with E-state index in [9.17, 15) is 4.79 Å². The summed E-state index contributed by atoms with van der Waals surface area (Å²) in [6.45, 7) is 2.62. The molecule has 0 bridgehead atoms. The molecule has 0 saturated heterocycles. The van der Waals surface area contributed by atoms with Gasteiger partial charge in [0.1, 0.15) is 5.75 Å².